The third-order valence-corrected chi connectivity index (χ3v) is 5.60. The summed E-state index contributed by atoms with van der Waals surface area (Å²) in [6.07, 6.45) is 12.6. The molecule has 2 aromatic heterocycles. The minimum absolute atomic E-state index is 0.0240. The fraction of sp³-hybridized carbons (Fsp3) is 0.417. The first kappa shape index (κ1) is 10.4. The molecule has 0 N–H and O–H groups in total. The molecular formula is C12H12N4OS. The second-order valence-electron chi connectivity index (χ2n) is 4.80. The molecule has 0 radical (unpaired) electrons. The number of carbonyl (C=O) groups is 1. The summed E-state index contributed by atoms with van der Waals surface area (Å²) in [6, 6.07) is 0. The molecule has 2 unspecified atom stereocenters. The molecular weight excluding hydrogens is 248 g/mol. The Kier molecular flexibility index (Phi) is 2.00. The first-order chi connectivity index (χ1) is 8.80. The molecule has 0 aromatic carbocycles. The van der Waals surface area contributed by atoms with E-state index in [-0.39, 0.29) is 5.92 Å². The Morgan fingerprint density at radius 3 is 2.33 bits per heavy atom. The molecule has 1 aliphatic carbocycles. The Morgan fingerprint density at radius 1 is 1.22 bits per heavy atom. The number of aromatic nitrogens is 4. The van der Waals surface area contributed by atoms with Crippen LogP contribution in [0, 0.1) is 5.92 Å². The van der Waals surface area contributed by atoms with Gasteiger partial charge in [0.05, 0.1) is 18.6 Å². The SMILES string of the molecule is O=C1CC2CC1C(n1ccnc1)(n1ccnc1)S2. The van der Waals surface area contributed by atoms with Gasteiger partial charge >= 0.3 is 0 Å². The van der Waals surface area contributed by atoms with Crippen LogP contribution in [-0.2, 0) is 9.79 Å². The van der Waals surface area contributed by atoms with Crippen LogP contribution in [0.2, 0.25) is 0 Å². The molecule has 0 amide bonds. The molecule has 4 rings (SSSR count). The van der Waals surface area contributed by atoms with Crippen LogP contribution in [0.5, 0.6) is 0 Å². The maximum Gasteiger partial charge on any atom is 0.181 e. The molecule has 1 saturated carbocycles. The molecule has 2 bridgehead atoms. The number of nitrogens with zero attached hydrogens (tertiary/aromatic N) is 4. The zero-order valence-corrected chi connectivity index (χ0v) is 10.5. The van der Waals surface area contributed by atoms with E-state index >= 15 is 0 Å². The second-order valence-corrected chi connectivity index (χ2v) is 6.30. The fourth-order valence-corrected chi connectivity index (χ4v) is 5.02. The normalized spacial score (nSPS) is 29.0. The summed E-state index contributed by atoms with van der Waals surface area (Å²) in [5, 5.41) is 0.423. The van der Waals surface area contributed by atoms with Crippen molar-refractivity contribution in [1.29, 1.82) is 0 Å². The number of carbonyl (C=O) groups excluding carboxylic acids is 1. The Balaban J connectivity index is 1.93. The van der Waals surface area contributed by atoms with E-state index in [9.17, 15) is 4.79 Å². The van der Waals surface area contributed by atoms with Gasteiger partial charge in [-0.2, -0.15) is 0 Å². The minimum atomic E-state index is -0.396. The summed E-state index contributed by atoms with van der Waals surface area (Å²) >= 11 is 1.85. The fourth-order valence-electron chi connectivity index (χ4n) is 3.14. The van der Waals surface area contributed by atoms with E-state index in [1.807, 2.05) is 33.3 Å². The van der Waals surface area contributed by atoms with Gasteiger partial charge in [-0.3, -0.25) is 4.79 Å². The summed E-state index contributed by atoms with van der Waals surface area (Å²) < 4.78 is 4.09. The molecule has 2 aromatic rings. The highest BCUT2D eigenvalue weighted by Gasteiger charge is 2.58. The van der Waals surface area contributed by atoms with Crippen LogP contribution in [0.3, 0.4) is 0 Å². The van der Waals surface area contributed by atoms with Crippen LogP contribution in [0.15, 0.2) is 37.4 Å². The van der Waals surface area contributed by atoms with Gasteiger partial charge in [0, 0.05) is 36.5 Å². The first-order valence-corrected chi connectivity index (χ1v) is 6.86. The Morgan fingerprint density at radius 2 is 1.89 bits per heavy atom. The lowest BCUT2D eigenvalue weighted by Crippen LogP contribution is -2.45. The van der Waals surface area contributed by atoms with Gasteiger partial charge in [0.15, 0.2) is 4.99 Å². The third-order valence-electron chi connectivity index (χ3n) is 3.86. The van der Waals surface area contributed by atoms with E-state index in [0.717, 1.165) is 6.42 Å². The van der Waals surface area contributed by atoms with Crippen molar-refractivity contribution in [2.24, 2.45) is 5.92 Å². The monoisotopic (exact) mass is 260 g/mol. The van der Waals surface area contributed by atoms with Crippen molar-refractivity contribution in [2.75, 3.05) is 0 Å². The molecule has 0 spiro atoms. The molecule has 1 aliphatic heterocycles. The Bertz CT molecular complexity index is 543. The van der Waals surface area contributed by atoms with Crippen LogP contribution < -0.4 is 0 Å². The lowest BCUT2D eigenvalue weighted by molar-refractivity contribution is -0.123. The van der Waals surface area contributed by atoms with Crippen molar-refractivity contribution >= 4 is 17.5 Å². The predicted molar refractivity (Wildman–Crippen MR) is 66.9 cm³/mol. The molecule has 2 fully saturated rings. The van der Waals surface area contributed by atoms with Gasteiger partial charge in [-0.25, -0.2) is 9.97 Å². The Labute approximate surface area is 108 Å². The van der Waals surface area contributed by atoms with E-state index in [1.54, 1.807) is 25.0 Å². The van der Waals surface area contributed by atoms with Crippen LogP contribution in [0.1, 0.15) is 12.8 Å². The van der Waals surface area contributed by atoms with Gasteiger partial charge in [-0.1, -0.05) is 0 Å². The molecule has 2 atom stereocenters. The van der Waals surface area contributed by atoms with E-state index in [0.29, 0.717) is 17.5 Å². The molecule has 3 heterocycles. The summed E-state index contributed by atoms with van der Waals surface area (Å²) in [4.78, 5) is 20.0. The van der Waals surface area contributed by atoms with Crippen molar-refractivity contribution in [3.63, 3.8) is 0 Å². The lowest BCUT2D eigenvalue weighted by atomic mass is 10.0. The summed E-state index contributed by atoms with van der Waals surface area (Å²) in [5.74, 6) is 0.386. The topological polar surface area (TPSA) is 52.7 Å². The highest BCUT2D eigenvalue weighted by atomic mass is 32.2. The number of thioether (sulfide) groups is 1. The van der Waals surface area contributed by atoms with E-state index in [4.69, 9.17) is 0 Å². The van der Waals surface area contributed by atoms with E-state index < -0.39 is 4.99 Å². The average molecular weight is 260 g/mol. The molecule has 92 valence electrons. The van der Waals surface area contributed by atoms with Crippen LogP contribution in [-0.4, -0.2) is 30.1 Å². The highest BCUT2D eigenvalue weighted by Crippen LogP contribution is 2.57. The van der Waals surface area contributed by atoms with Gasteiger partial charge in [0.1, 0.15) is 5.78 Å². The van der Waals surface area contributed by atoms with Crippen LogP contribution in [0.25, 0.3) is 0 Å². The van der Waals surface area contributed by atoms with Gasteiger partial charge < -0.3 is 9.13 Å². The van der Waals surface area contributed by atoms with E-state index in [2.05, 4.69) is 9.97 Å². The molecule has 2 aliphatic rings. The Hall–Kier alpha value is -1.56. The van der Waals surface area contributed by atoms with Crippen molar-refractivity contribution in [3.05, 3.63) is 37.4 Å². The maximum absolute atomic E-state index is 12.2. The van der Waals surface area contributed by atoms with Gasteiger partial charge in [0.25, 0.3) is 0 Å². The van der Waals surface area contributed by atoms with Crippen LogP contribution >= 0.6 is 11.8 Å². The van der Waals surface area contributed by atoms with Gasteiger partial charge in [-0.05, 0) is 6.42 Å². The number of rotatable bonds is 2. The first-order valence-electron chi connectivity index (χ1n) is 5.98. The highest BCUT2D eigenvalue weighted by molar-refractivity contribution is 8.01. The summed E-state index contributed by atoms with van der Waals surface area (Å²) in [6.45, 7) is 0. The van der Waals surface area contributed by atoms with Crippen molar-refractivity contribution in [1.82, 2.24) is 19.1 Å². The van der Waals surface area contributed by atoms with Gasteiger partial charge in [-0.15, -0.1) is 11.8 Å². The second kappa shape index (κ2) is 3.47. The molecule has 1 saturated heterocycles. The van der Waals surface area contributed by atoms with Crippen LogP contribution in [0.4, 0.5) is 0 Å². The molecule has 6 heteroatoms. The number of hydrogen-bond acceptors (Lipinski definition) is 4. The summed E-state index contributed by atoms with van der Waals surface area (Å²) in [5.41, 5.74) is 0. The number of ketones is 1. The number of Topliss-reactive ketones (excluding diaryl/α,β-unsaturated/α-hetero) is 1. The minimum Gasteiger partial charge on any atom is -0.304 e. The average Bonchev–Trinajstić information content (AvgIpc) is 3.13. The van der Waals surface area contributed by atoms with Crippen molar-refractivity contribution in [3.8, 4) is 0 Å². The predicted octanol–water partition coefficient (Wildman–Crippen LogP) is 1.33. The summed E-state index contributed by atoms with van der Waals surface area (Å²) in [7, 11) is 0. The number of imidazole rings is 2. The maximum atomic E-state index is 12.2. The quantitative estimate of drug-likeness (QED) is 0.817. The standard InChI is InChI=1S/C12H12N4OS/c17-11-6-9-5-10(11)12(18-9,15-3-1-13-7-15)16-4-2-14-8-16/h1-4,7-10H,5-6H2. The molecule has 5 nitrogen and oxygen atoms in total. The largest absolute Gasteiger partial charge is 0.304 e. The third kappa shape index (κ3) is 1.16. The smallest absolute Gasteiger partial charge is 0.181 e. The number of fused-ring (bicyclic) bond motifs is 2. The zero-order valence-electron chi connectivity index (χ0n) is 9.64. The van der Waals surface area contributed by atoms with E-state index in [1.165, 1.54) is 0 Å². The van der Waals surface area contributed by atoms with Crippen molar-refractivity contribution in [2.45, 2.75) is 23.1 Å². The lowest BCUT2D eigenvalue weighted by Gasteiger charge is -2.38. The van der Waals surface area contributed by atoms with Crippen molar-refractivity contribution < 1.29 is 4.79 Å². The molecule has 18 heavy (non-hydrogen) atoms. The number of hydrogen-bond donors (Lipinski definition) is 0. The zero-order chi connectivity index (χ0) is 12.2. The van der Waals surface area contributed by atoms with Gasteiger partial charge in [0.2, 0.25) is 0 Å².